The van der Waals surface area contributed by atoms with Gasteiger partial charge in [-0.15, -0.1) is 0 Å². The number of hydrogen-bond donors (Lipinski definition) is 0. The second kappa shape index (κ2) is 12.4. The van der Waals surface area contributed by atoms with E-state index < -0.39 is 7.82 Å². The van der Waals surface area contributed by atoms with E-state index >= 15 is 0 Å². The Balaban J connectivity index is 2.18. The van der Waals surface area contributed by atoms with Crippen molar-refractivity contribution in [1.82, 2.24) is 0 Å². The first-order chi connectivity index (χ1) is 16.2. The third-order valence-electron chi connectivity index (χ3n) is 4.69. The number of rotatable bonds is 6. The zero-order valence-electron chi connectivity index (χ0n) is 17.7. The second-order valence-corrected chi connectivity index (χ2v) is 15.8. The normalized spacial score (nSPS) is 11.5. The lowest BCUT2D eigenvalue weighted by Gasteiger charge is -2.23. The third-order valence-corrected chi connectivity index (χ3v) is 15.4. The highest BCUT2D eigenvalue weighted by molar-refractivity contribution is 9.14. The van der Waals surface area contributed by atoms with Crippen molar-refractivity contribution < 1.29 is 18.1 Å². The summed E-state index contributed by atoms with van der Waals surface area (Å²) in [5, 5.41) is 0. The van der Waals surface area contributed by atoms with Crippen LogP contribution in [0.2, 0.25) is 0 Å². The van der Waals surface area contributed by atoms with E-state index in [1.165, 1.54) is 0 Å². The lowest BCUT2D eigenvalue weighted by atomic mass is 10.2. The molecule has 0 amide bonds. The summed E-state index contributed by atoms with van der Waals surface area (Å²) in [6, 6.07) is 5.07. The van der Waals surface area contributed by atoms with E-state index in [0.717, 1.165) is 43.5 Å². The molecule has 35 heavy (non-hydrogen) atoms. The van der Waals surface area contributed by atoms with E-state index in [1.54, 1.807) is 18.2 Å². The maximum atomic E-state index is 14.3. The minimum atomic E-state index is -4.35. The van der Waals surface area contributed by atoms with Gasteiger partial charge in [0.1, 0.15) is 17.2 Å². The van der Waals surface area contributed by atoms with Gasteiger partial charge in [0.15, 0.2) is 0 Å². The molecule has 0 N–H and O–H groups in total. The Hall–Kier alpha value is 1.61. The molecular formula is C21H12Br9O4P. The first-order valence-corrected chi connectivity index (χ1v) is 17.9. The van der Waals surface area contributed by atoms with Crippen molar-refractivity contribution in [3.8, 4) is 17.2 Å². The zero-order chi connectivity index (χ0) is 26.4. The van der Waals surface area contributed by atoms with Crippen LogP contribution in [0.15, 0.2) is 58.5 Å². The Bertz CT molecular complexity index is 1230. The van der Waals surface area contributed by atoms with Crippen molar-refractivity contribution in [2.45, 2.75) is 20.8 Å². The van der Waals surface area contributed by atoms with Crippen molar-refractivity contribution in [3.05, 3.63) is 75.1 Å². The lowest BCUT2D eigenvalue weighted by Crippen LogP contribution is -2.09. The van der Waals surface area contributed by atoms with Gasteiger partial charge in [-0.05, 0) is 151 Å². The summed E-state index contributed by atoms with van der Waals surface area (Å²) in [7, 11) is -4.35. The lowest BCUT2D eigenvalue weighted by molar-refractivity contribution is 0.296. The van der Waals surface area contributed by atoms with Gasteiger partial charge in [0.2, 0.25) is 0 Å². The fourth-order valence-electron chi connectivity index (χ4n) is 2.61. The van der Waals surface area contributed by atoms with Crippen LogP contribution in [0, 0.1) is 20.8 Å². The minimum Gasteiger partial charge on any atom is -0.385 e. The molecule has 0 aliphatic carbocycles. The summed E-state index contributed by atoms with van der Waals surface area (Å²) in [6.45, 7) is 5.77. The van der Waals surface area contributed by atoms with Crippen molar-refractivity contribution in [3.63, 3.8) is 0 Å². The number of benzene rings is 3. The Labute approximate surface area is 278 Å². The first-order valence-electron chi connectivity index (χ1n) is 9.28. The predicted octanol–water partition coefficient (Wildman–Crippen LogP) is 13.1. The number of phosphoric ester groups is 1. The molecule has 188 valence electrons. The molecule has 3 aromatic carbocycles. The van der Waals surface area contributed by atoms with Crippen LogP contribution in [-0.4, -0.2) is 0 Å². The van der Waals surface area contributed by atoms with Gasteiger partial charge < -0.3 is 13.6 Å². The summed E-state index contributed by atoms with van der Waals surface area (Å²) in [5.74, 6) is 0.751. The van der Waals surface area contributed by atoms with Crippen LogP contribution in [0.4, 0.5) is 0 Å². The van der Waals surface area contributed by atoms with Gasteiger partial charge in [-0.25, -0.2) is 0 Å². The molecule has 0 aromatic heterocycles. The van der Waals surface area contributed by atoms with Gasteiger partial charge >= 0.3 is 7.82 Å². The average Bonchev–Trinajstić information content (AvgIpc) is 2.80. The molecule has 0 aliphatic rings. The van der Waals surface area contributed by atoms with Gasteiger partial charge in [-0.2, -0.15) is 4.57 Å². The molecule has 0 saturated carbocycles. The molecule has 0 atom stereocenters. The van der Waals surface area contributed by atoms with E-state index in [9.17, 15) is 4.57 Å². The fraction of sp³-hybridized carbons (Fsp3) is 0.143. The molecule has 0 heterocycles. The van der Waals surface area contributed by atoms with Crippen LogP contribution < -0.4 is 13.6 Å². The molecule has 0 unspecified atom stereocenters. The Morgan fingerprint density at radius 1 is 0.486 bits per heavy atom. The third kappa shape index (κ3) is 6.85. The van der Waals surface area contributed by atoms with E-state index in [2.05, 4.69) is 143 Å². The van der Waals surface area contributed by atoms with Gasteiger partial charge in [-0.1, -0.05) is 47.8 Å². The van der Waals surface area contributed by atoms with Gasteiger partial charge in [0.25, 0.3) is 0 Å². The van der Waals surface area contributed by atoms with Crippen molar-refractivity contribution in [2.24, 2.45) is 0 Å². The maximum absolute atomic E-state index is 14.3. The molecule has 3 rings (SSSR count). The van der Waals surface area contributed by atoms with E-state index in [0.29, 0.717) is 13.4 Å². The smallest absolute Gasteiger partial charge is 0.385 e. The largest absolute Gasteiger partial charge is 0.647 e. The van der Waals surface area contributed by atoms with Crippen LogP contribution >= 0.6 is 151 Å². The molecule has 0 radical (unpaired) electrons. The summed E-state index contributed by atoms with van der Waals surface area (Å²) in [4.78, 5) is 0. The Morgan fingerprint density at radius 2 is 0.714 bits per heavy atom. The van der Waals surface area contributed by atoms with E-state index in [-0.39, 0.29) is 17.2 Å². The van der Waals surface area contributed by atoms with Crippen molar-refractivity contribution in [1.29, 1.82) is 0 Å². The average molecular weight is 1080 g/mol. The topological polar surface area (TPSA) is 44.8 Å². The number of hydrogen-bond acceptors (Lipinski definition) is 4. The molecule has 0 bridgehead atoms. The SMILES string of the molecule is Cc1c(Br)cc(OP(=O)(Oc2cc(Br)c(C)c(Br)c2Br)Oc2cc(Br)c(C)c(Br)c2Br)c(Br)c1Br. The maximum Gasteiger partial charge on any atom is 0.647 e. The highest BCUT2D eigenvalue weighted by Gasteiger charge is 2.37. The highest BCUT2D eigenvalue weighted by atomic mass is 79.9. The molecule has 0 spiro atoms. The summed E-state index contributed by atoms with van der Waals surface area (Å²) < 4.78 is 38.4. The summed E-state index contributed by atoms with van der Waals surface area (Å²) >= 11 is 31.6. The van der Waals surface area contributed by atoms with E-state index in [1.807, 2.05) is 20.8 Å². The van der Waals surface area contributed by atoms with Crippen LogP contribution in [0.5, 0.6) is 17.2 Å². The molecule has 0 saturated heterocycles. The number of phosphoric acid groups is 1. The van der Waals surface area contributed by atoms with Crippen LogP contribution in [-0.2, 0) is 4.57 Å². The van der Waals surface area contributed by atoms with Crippen LogP contribution in [0.25, 0.3) is 0 Å². The molecule has 0 fully saturated rings. The Morgan fingerprint density at radius 3 is 0.943 bits per heavy atom. The van der Waals surface area contributed by atoms with Crippen molar-refractivity contribution >= 4 is 151 Å². The predicted molar refractivity (Wildman–Crippen MR) is 172 cm³/mol. The highest BCUT2D eigenvalue weighted by Crippen LogP contribution is 2.56. The summed E-state index contributed by atoms with van der Waals surface area (Å²) in [6.07, 6.45) is 0. The standard InChI is InChI=1S/C21H12Br9O4P/c1-7-10(22)4-13(19(28)16(7)25)32-35(31,33-14-5-11(23)8(2)17(26)20(14)29)34-15-6-12(24)9(3)18(27)21(15)30/h4-6H,1-3H3. The quantitative estimate of drug-likeness (QED) is 0.182. The molecule has 3 aromatic rings. The second-order valence-electron chi connectivity index (χ2n) is 7.05. The molecule has 14 heteroatoms. The first kappa shape index (κ1) is 31.1. The van der Waals surface area contributed by atoms with Gasteiger partial charge in [-0.3, -0.25) is 0 Å². The minimum absolute atomic E-state index is 0.250. The van der Waals surface area contributed by atoms with E-state index in [4.69, 9.17) is 13.6 Å². The van der Waals surface area contributed by atoms with Crippen LogP contribution in [0.1, 0.15) is 16.7 Å². The monoisotopic (exact) mass is 1070 g/mol. The molecule has 4 nitrogen and oxygen atoms in total. The van der Waals surface area contributed by atoms with Gasteiger partial charge in [0.05, 0.1) is 13.4 Å². The van der Waals surface area contributed by atoms with Gasteiger partial charge in [0, 0.05) is 26.8 Å². The molecule has 0 aliphatic heterocycles. The van der Waals surface area contributed by atoms with Crippen LogP contribution in [0.3, 0.4) is 0 Å². The fourth-order valence-corrected chi connectivity index (χ4v) is 8.97. The molecular weight excluding hydrogens is 1070 g/mol. The van der Waals surface area contributed by atoms with Crippen molar-refractivity contribution in [2.75, 3.05) is 0 Å². The Kier molecular flexibility index (Phi) is 11.0. The summed E-state index contributed by atoms with van der Waals surface area (Å²) in [5.41, 5.74) is 2.80. The number of halogens is 9. The zero-order valence-corrected chi connectivity index (χ0v) is 32.9.